The number of nitrogens with zero attached hydrogens (tertiary/aromatic N) is 4. The van der Waals surface area contributed by atoms with Gasteiger partial charge >= 0.3 is 0 Å². The number of thiophene rings is 1. The lowest BCUT2D eigenvalue weighted by molar-refractivity contribution is -0.113. The number of benzene rings is 2. The van der Waals surface area contributed by atoms with Crippen molar-refractivity contribution in [2.24, 2.45) is 0 Å². The molecule has 2 aromatic carbocycles. The molecule has 0 unspecified atom stereocenters. The number of carbonyl (C=O) groups is 1. The lowest BCUT2D eigenvalue weighted by atomic mass is 10.1. The van der Waals surface area contributed by atoms with Crippen LogP contribution in [0.1, 0.15) is 11.1 Å². The van der Waals surface area contributed by atoms with Gasteiger partial charge in [0.05, 0.1) is 22.7 Å². The van der Waals surface area contributed by atoms with Gasteiger partial charge in [0.15, 0.2) is 5.82 Å². The molecule has 0 saturated heterocycles. The first-order valence-corrected chi connectivity index (χ1v) is 12.2. The van der Waals surface area contributed by atoms with E-state index in [9.17, 15) is 9.59 Å². The summed E-state index contributed by atoms with van der Waals surface area (Å²) in [6.45, 7) is 0.426. The number of hydrogen-bond donors (Lipinski definition) is 0. The summed E-state index contributed by atoms with van der Waals surface area (Å²) < 4.78 is 2.50. The van der Waals surface area contributed by atoms with Crippen LogP contribution in [0.3, 0.4) is 0 Å². The Morgan fingerprint density at radius 1 is 1.00 bits per heavy atom. The molecule has 0 aliphatic carbocycles. The molecule has 5 aromatic rings. The average Bonchev–Trinajstić information content (AvgIpc) is 3.55. The van der Waals surface area contributed by atoms with Crippen molar-refractivity contribution in [2.75, 3.05) is 4.90 Å². The third-order valence-corrected chi connectivity index (χ3v) is 7.68. The summed E-state index contributed by atoms with van der Waals surface area (Å²) in [5.41, 5.74) is 2.62. The molecule has 3 aromatic heterocycles. The van der Waals surface area contributed by atoms with Gasteiger partial charge in [-0.3, -0.25) is 9.59 Å². The van der Waals surface area contributed by atoms with Crippen molar-refractivity contribution in [3.8, 4) is 10.7 Å². The normalized spacial score (nSPS) is 15.0. The van der Waals surface area contributed by atoms with Gasteiger partial charge in [-0.05, 0) is 35.2 Å². The van der Waals surface area contributed by atoms with Crippen LogP contribution in [-0.2, 0) is 11.3 Å². The van der Waals surface area contributed by atoms with Gasteiger partial charge in [-0.25, -0.2) is 0 Å². The van der Waals surface area contributed by atoms with Crippen molar-refractivity contribution < 1.29 is 4.79 Å². The molecule has 0 spiro atoms. The van der Waals surface area contributed by atoms with Crippen LogP contribution in [0.2, 0.25) is 0 Å². The predicted octanol–water partition coefficient (Wildman–Crippen LogP) is 4.11. The maximum Gasteiger partial charge on any atom is 0.291 e. The van der Waals surface area contributed by atoms with Crippen molar-refractivity contribution in [3.63, 3.8) is 0 Å². The van der Waals surface area contributed by atoms with Crippen LogP contribution in [0, 0.1) is 0 Å². The molecular weight excluding hydrogens is 508 g/mol. The van der Waals surface area contributed by atoms with Crippen LogP contribution in [-0.4, -0.2) is 20.5 Å². The highest BCUT2D eigenvalue weighted by Crippen LogP contribution is 2.38. The van der Waals surface area contributed by atoms with E-state index in [2.05, 4.69) is 26.0 Å². The summed E-state index contributed by atoms with van der Waals surface area (Å²) in [4.78, 5) is 34.5. The Morgan fingerprint density at radius 2 is 1.84 bits per heavy atom. The molecule has 0 saturated carbocycles. The molecule has 32 heavy (non-hydrogen) atoms. The first kappa shape index (κ1) is 19.5. The van der Waals surface area contributed by atoms with E-state index < -0.39 is 0 Å². The Kier molecular flexibility index (Phi) is 4.56. The summed E-state index contributed by atoms with van der Waals surface area (Å²) in [6.07, 6.45) is 0. The molecule has 9 heteroatoms. The second-order valence-corrected chi connectivity index (χ2v) is 10.1. The molecule has 0 atom stereocenters. The third kappa shape index (κ3) is 3.04. The van der Waals surface area contributed by atoms with Gasteiger partial charge in [0.1, 0.15) is 4.53 Å². The molecule has 4 heterocycles. The number of anilines is 1. The molecule has 6 rings (SSSR count). The van der Waals surface area contributed by atoms with Crippen LogP contribution < -0.4 is 15.0 Å². The molecule has 1 aliphatic rings. The van der Waals surface area contributed by atoms with E-state index in [4.69, 9.17) is 0 Å². The van der Waals surface area contributed by atoms with Crippen molar-refractivity contribution in [1.82, 2.24) is 14.6 Å². The van der Waals surface area contributed by atoms with E-state index in [0.717, 1.165) is 26.2 Å². The van der Waals surface area contributed by atoms with Gasteiger partial charge in [-0.15, -0.1) is 16.4 Å². The second kappa shape index (κ2) is 7.47. The van der Waals surface area contributed by atoms with Gasteiger partial charge in [-0.2, -0.15) is 9.50 Å². The smallest absolute Gasteiger partial charge is 0.291 e. The molecule has 0 bridgehead atoms. The van der Waals surface area contributed by atoms with Gasteiger partial charge < -0.3 is 4.90 Å². The summed E-state index contributed by atoms with van der Waals surface area (Å²) >= 11 is 6.22. The summed E-state index contributed by atoms with van der Waals surface area (Å²) in [7, 11) is 0. The fraction of sp³-hybridized carbons (Fsp3) is 0.0435. The number of rotatable bonds is 3. The minimum atomic E-state index is -0.323. The fourth-order valence-electron chi connectivity index (χ4n) is 3.84. The SMILES string of the molecule is O=C1C(=c2sc3nc(-c4cccs4)nn3c2=O)c2cc(Br)ccc2N1Cc1ccccc1. The quantitative estimate of drug-likeness (QED) is 0.359. The Bertz CT molecular complexity index is 1610. The molecule has 1 amide bonds. The molecule has 156 valence electrons. The highest BCUT2D eigenvalue weighted by molar-refractivity contribution is 9.10. The zero-order valence-electron chi connectivity index (χ0n) is 16.4. The van der Waals surface area contributed by atoms with E-state index in [1.54, 1.807) is 4.90 Å². The minimum absolute atomic E-state index is 0.193. The lowest BCUT2D eigenvalue weighted by Crippen LogP contribution is -2.32. The van der Waals surface area contributed by atoms with Crippen LogP contribution >= 0.6 is 38.6 Å². The highest BCUT2D eigenvalue weighted by atomic mass is 79.9. The number of hydrogen-bond acceptors (Lipinski definition) is 6. The topological polar surface area (TPSA) is 67.6 Å². The zero-order chi connectivity index (χ0) is 21.8. The predicted molar refractivity (Wildman–Crippen MR) is 130 cm³/mol. The molecule has 1 aliphatic heterocycles. The fourth-order valence-corrected chi connectivity index (χ4v) is 5.85. The van der Waals surface area contributed by atoms with E-state index in [1.165, 1.54) is 27.2 Å². The van der Waals surface area contributed by atoms with Crippen LogP contribution in [0.15, 0.2) is 75.3 Å². The van der Waals surface area contributed by atoms with E-state index in [1.807, 2.05) is 66.0 Å². The maximum atomic E-state index is 13.6. The van der Waals surface area contributed by atoms with Gasteiger partial charge in [0, 0.05) is 10.0 Å². The summed E-state index contributed by atoms with van der Waals surface area (Å²) in [5.74, 6) is 0.327. The highest BCUT2D eigenvalue weighted by Gasteiger charge is 2.34. The van der Waals surface area contributed by atoms with Crippen LogP contribution in [0.25, 0.3) is 21.2 Å². The van der Waals surface area contributed by atoms with Crippen LogP contribution in [0.4, 0.5) is 5.69 Å². The number of carbonyl (C=O) groups excluding carboxylic acids is 1. The van der Waals surface area contributed by atoms with Crippen LogP contribution in [0.5, 0.6) is 0 Å². The summed E-state index contributed by atoms with van der Waals surface area (Å²) in [5, 5.41) is 6.34. The standard InChI is InChI=1S/C23H13BrN4O2S2/c24-14-8-9-16-15(11-14)18(21(29)27(16)12-13-5-2-1-3-6-13)19-22(30)28-23(32-19)25-20(26-28)17-7-4-10-31-17/h1-11H,12H2. The number of fused-ring (bicyclic) bond motifs is 2. The third-order valence-electron chi connectivity index (χ3n) is 5.29. The van der Waals surface area contributed by atoms with Crippen molar-refractivity contribution in [3.05, 3.63) is 96.5 Å². The zero-order valence-corrected chi connectivity index (χ0v) is 19.6. The minimum Gasteiger partial charge on any atom is -0.303 e. The number of amides is 1. The van der Waals surface area contributed by atoms with E-state index in [0.29, 0.717) is 27.4 Å². The molecule has 0 fully saturated rings. The number of thiazole rings is 1. The molecule has 0 N–H and O–H groups in total. The van der Waals surface area contributed by atoms with Crippen molar-refractivity contribution in [1.29, 1.82) is 0 Å². The second-order valence-electron chi connectivity index (χ2n) is 7.26. The Hall–Kier alpha value is -3.14. The van der Waals surface area contributed by atoms with Crippen molar-refractivity contribution in [2.45, 2.75) is 6.54 Å². The maximum absolute atomic E-state index is 13.6. The monoisotopic (exact) mass is 520 g/mol. The van der Waals surface area contributed by atoms with E-state index in [-0.39, 0.29) is 11.5 Å². The summed E-state index contributed by atoms with van der Waals surface area (Å²) in [6, 6.07) is 19.3. The largest absolute Gasteiger partial charge is 0.303 e. The number of aromatic nitrogens is 3. The molecular formula is C23H13BrN4O2S2. The van der Waals surface area contributed by atoms with E-state index >= 15 is 0 Å². The lowest BCUT2D eigenvalue weighted by Gasteiger charge is -2.17. The van der Waals surface area contributed by atoms with Gasteiger partial charge in [-0.1, -0.05) is 63.7 Å². The average molecular weight is 521 g/mol. The number of halogens is 1. The van der Waals surface area contributed by atoms with Crippen molar-refractivity contribution >= 4 is 60.7 Å². The first-order valence-electron chi connectivity index (χ1n) is 9.73. The molecule has 0 radical (unpaired) electrons. The van der Waals surface area contributed by atoms with Gasteiger partial charge in [0.25, 0.3) is 11.5 Å². The van der Waals surface area contributed by atoms with Gasteiger partial charge in [0.2, 0.25) is 4.96 Å². The Balaban J connectivity index is 1.55. The first-order chi connectivity index (χ1) is 15.6. The Labute approximate surface area is 198 Å². The molecule has 6 nitrogen and oxygen atoms in total. The Morgan fingerprint density at radius 3 is 2.59 bits per heavy atom.